The van der Waals surface area contributed by atoms with Gasteiger partial charge in [-0.25, -0.2) is 10.5 Å². The molecule has 2 heterocycles. The lowest BCUT2D eigenvalue weighted by atomic mass is 10.1. The van der Waals surface area contributed by atoms with Gasteiger partial charge in [0, 0.05) is 31.8 Å². The normalized spacial score (nSPS) is 20.6. The molecule has 3 N–H and O–H groups in total. The third-order valence-corrected chi connectivity index (χ3v) is 4.80. The van der Waals surface area contributed by atoms with Gasteiger partial charge in [-0.05, 0) is 31.3 Å². The van der Waals surface area contributed by atoms with Crippen LogP contribution in [0, 0.1) is 5.92 Å². The lowest BCUT2D eigenvalue weighted by molar-refractivity contribution is -0.124. The van der Waals surface area contributed by atoms with Crippen LogP contribution < -0.4 is 10.8 Å². The molecule has 2 fully saturated rings. The first kappa shape index (κ1) is 22.6. The number of carbonyl (C=O) groups is 1. The van der Waals surface area contributed by atoms with Gasteiger partial charge < -0.3 is 10.2 Å². The highest BCUT2D eigenvalue weighted by Crippen LogP contribution is 2.27. The highest BCUT2D eigenvalue weighted by atomic mass is 35.5. The van der Waals surface area contributed by atoms with Gasteiger partial charge in [-0.15, -0.1) is 24.8 Å². The molecular weight excluding hydrogens is 377 g/mol. The van der Waals surface area contributed by atoms with Crippen molar-refractivity contribution in [2.24, 2.45) is 5.92 Å². The maximum absolute atomic E-state index is 10.9. The molecule has 0 spiro atoms. The molecule has 1 amide bonds. The lowest BCUT2D eigenvalue weighted by Gasteiger charge is -2.20. The van der Waals surface area contributed by atoms with Crippen LogP contribution in [-0.4, -0.2) is 51.7 Å². The van der Waals surface area contributed by atoms with Gasteiger partial charge in [0.05, 0.1) is 18.1 Å². The quantitative estimate of drug-likeness (QED) is 0.384. The molecule has 2 aliphatic rings. The molecule has 1 aromatic heterocycles. The zero-order valence-electron chi connectivity index (χ0n) is 14.6. The lowest BCUT2D eigenvalue weighted by Crippen LogP contribution is -2.30. The summed E-state index contributed by atoms with van der Waals surface area (Å²) in [6.07, 6.45) is 12.7. The summed E-state index contributed by atoms with van der Waals surface area (Å²) in [6.45, 7) is 3.45. The van der Waals surface area contributed by atoms with E-state index in [1.165, 1.54) is 49.9 Å². The minimum Gasteiger partial charge on any atom is -0.365 e. The standard InChI is InChI=1S/C17H25N5O2.2ClH/c23-17(21-24)6-5-14-9-19-16(10-18-14)20-15-7-8-22(12-15)11-13-3-1-2-4-13;;/h5-6,9-10,13,15,24H,1-4,7-8,11-12H2,(H,19,20)(H,21,23);2*1H/b6-5+;;/t15-;;/m1../s1. The molecule has 3 rings (SSSR count). The van der Waals surface area contributed by atoms with Crippen molar-refractivity contribution in [2.75, 3.05) is 25.0 Å². The van der Waals surface area contributed by atoms with Gasteiger partial charge in [-0.2, -0.15) is 0 Å². The Balaban J connectivity index is 0.00000169. The number of hydroxylamine groups is 1. The first-order valence-electron chi connectivity index (χ1n) is 8.66. The second kappa shape index (κ2) is 11.3. The fourth-order valence-electron chi connectivity index (χ4n) is 3.58. The summed E-state index contributed by atoms with van der Waals surface area (Å²) in [7, 11) is 0. The molecule has 9 heteroatoms. The molecule has 146 valence electrons. The molecule has 0 unspecified atom stereocenters. The van der Waals surface area contributed by atoms with Crippen molar-refractivity contribution in [3.63, 3.8) is 0 Å². The van der Waals surface area contributed by atoms with Gasteiger partial charge in [0.1, 0.15) is 5.82 Å². The minimum absolute atomic E-state index is 0. The van der Waals surface area contributed by atoms with Crippen LogP contribution in [0.5, 0.6) is 0 Å². The summed E-state index contributed by atoms with van der Waals surface area (Å²) >= 11 is 0. The molecule has 26 heavy (non-hydrogen) atoms. The number of carbonyl (C=O) groups excluding carboxylic acids is 1. The van der Waals surface area contributed by atoms with Crippen LogP contribution >= 0.6 is 24.8 Å². The fourth-order valence-corrected chi connectivity index (χ4v) is 3.58. The monoisotopic (exact) mass is 403 g/mol. The maximum atomic E-state index is 10.9. The number of halogens is 2. The molecule has 1 atom stereocenters. The molecular formula is C17H27Cl2N5O2. The smallest absolute Gasteiger partial charge is 0.267 e. The van der Waals surface area contributed by atoms with Gasteiger partial charge in [-0.1, -0.05) is 12.8 Å². The van der Waals surface area contributed by atoms with E-state index in [0.717, 1.165) is 31.2 Å². The Morgan fingerprint density at radius 1 is 1.23 bits per heavy atom. The minimum atomic E-state index is -0.590. The number of nitrogens with one attached hydrogen (secondary N) is 2. The summed E-state index contributed by atoms with van der Waals surface area (Å²) in [5.74, 6) is 1.06. The predicted molar refractivity (Wildman–Crippen MR) is 106 cm³/mol. The van der Waals surface area contributed by atoms with Crippen LogP contribution in [0.25, 0.3) is 6.08 Å². The van der Waals surface area contributed by atoms with E-state index in [2.05, 4.69) is 20.2 Å². The van der Waals surface area contributed by atoms with Crippen LogP contribution in [0.15, 0.2) is 18.5 Å². The fraction of sp³-hybridized carbons (Fsp3) is 0.588. The summed E-state index contributed by atoms with van der Waals surface area (Å²) in [5, 5.41) is 11.9. The van der Waals surface area contributed by atoms with Crippen LogP contribution in [0.3, 0.4) is 0 Å². The van der Waals surface area contributed by atoms with E-state index >= 15 is 0 Å². The van der Waals surface area contributed by atoms with Gasteiger partial charge in [0.2, 0.25) is 0 Å². The maximum Gasteiger partial charge on any atom is 0.267 e. The van der Waals surface area contributed by atoms with Crippen molar-refractivity contribution in [1.29, 1.82) is 0 Å². The van der Waals surface area contributed by atoms with E-state index < -0.39 is 5.91 Å². The van der Waals surface area contributed by atoms with E-state index in [1.54, 1.807) is 12.4 Å². The van der Waals surface area contributed by atoms with Crippen LogP contribution in [0.1, 0.15) is 37.8 Å². The number of aromatic nitrogens is 2. The Labute approximate surface area is 166 Å². The summed E-state index contributed by atoms with van der Waals surface area (Å²) < 4.78 is 0. The predicted octanol–water partition coefficient (Wildman–Crippen LogP) is 2.52. The highest BCUT2D eigenvalue weighted by Gasteiger charge is 2.26. The molecule has 1 aliphatic carbocycles. The van der Waals surface area contributed by atoms with E-state index in [4.69, 9.17) is 5.21 Å². The van der Waals surface area contributed by atoms with Gasteiger partial charge in [-0.3, -0.25) is 15.0 Å². The van der Waals surface area contributed by atoms with Gasteiger partial charge in [0.25, 0.3) is 5.91 Å². The van der Waals surface area contributed by atoms with Crippen molar-refractivity contribution in [1.82, 2.24) is 20.3 Å². The first-order chi connectivity index (χ1) is 11.7. The SMILES string of the molecule is Cl.Cl.O=C(/C=C/c1cnc(N[C@@H]2CCN(CC3CCCC3)C2)cn1)NO. The van der Waals surface area contributed by atoms with E-state index in [9.17, 15) is 4.79 Å². The summed E-state index contributed by atoms with van der Waals surface area (Å²) in [6, 6.07) is 0.419. The van der Waals surface area contributed by atoms with E-state index in [1.807, 2.05) is 0 Å². The highest BCUT2D eigenvalue weighted by molar-refractivity contribution is 5.90. The number of hydrogen-bond donors (Lipinski definition) is 3. The second-order valence-electron chi connectivity index (χ2n) is 6.68. The average Bonchev–Trinajstić information content (AvgIpc) is 3.26. The average molecular weight is 404 g/mol. The van der Waals surface area contributed by atoms with Crippen LogP contribution in [0.4, 0.5) is 5.82 Å². The summed E-state index contributed by atoms with van der Waals surface area (Å²) in [5.41, 5.74) is 2.10. The summed E-state index contributed by atoms with van der Waals surface area (Å²) in [4.78, 5) is 22.1. The van der Waals surface area contributed by atoms with Gasteiger partial charge in [0.15, 0.2) is 0 Å². The number of likely N-dealkylation sites (tertiary alicyclic amines) is 1. The van der Waals surface area contributed by atoms with Crippen molar-refractivity contribution < 1.29 is 10.0 Å². The van der Waals surface area contributed by atoms with Crippen molar-refractivity contribution in [3.8, 4) is 0 Å². The largest absolute Gasteiger partial charge is 0.365 e. The van der Waals surface area contributed by atoms with Crippen molar-refractivity contribution in [2.45, 2.75) is 38.1 Å². The number of amides is 1. The Bertz CT molecular complexity index is 579. The zero-order valence-corrected chi connectivity index (χ0v) is 16.3. The van der Waals surface area contributed by atoms with E-state index in [0.29, 0.717) is 11.7 Å². The van der Waals surface area contributed by atoms with Crippen molar-refractivity contribution in [3.05, 3.63) is 24.2 Å². The Hall–Kier alpha value is -1.41. The molecule has 1 saturated carbocycles. The zero-order chi connectivity index (χ0) is 16.8. The Morgan fingerprint density at radius 2 is 2.00 bits per heavy atom. The first-order valence-corrected chi connectivity index (χ1v) is 8.66. The van der Waals surface area contributed by atoms with Gasteiger partial charge >= 0.3 is 0 Å². The van der Waals surface area contributed by atoms with Crippen molar-refractivity contribution >= 4 is 42.6 Å². The number of anilines is 1. The third kappa shape index (κ3) is 6.72. The molecule has 7 nitrogen and oxygen atoms in total. The molecule has 1 aliphatic heterocycles. The molecule has 0 aromatic carbocycles. The van der Waals surface area contributed by atoms with Crippen LogP contribution in [-0.2, 0) is 4.79 Å². The molecule has 1 saturated heterocycles. The molecule has 0 bridgehead atoms. The number of nitrogens with zero attached hydrogens (tertiary/aromatic N) is 3. The number of rotatable bonds is 6. The van der Waals surface area contributed by atoms with E-state index in [-0.39, 0.29) is 24.8 Å². The Kier molecular flexibility index (Phi) is 9.87. The molecule has 0 radical (unpaired) electrons. The second-order valence-corrected chi connectivity index (χ2v) is 6.68. The molecule has 1 aromatic rings. The third-order valence-electron chi connectivity index (χ3n) is 4.80. The number of hydrogen-bond acceptors (Lipinski definition) is 6. The van der Waals surface area contributed by atoms with Crippen LogP contribution in [0.2, 0.25) is 0 Å². The Morgan fingerprint density at radius 3 is 2.65 bits per heavy atom. The topological polar surface area (TPSA) is 90.4 Å².